The van der Waals surface area contributed by atoms with Gasteiger partial charge in [-0.2, -0.15) is 0 Å². The number of amides is 2. The van der Waals surface area contributed by atoms with Crippen molar-refractivity contribution in [2.75, 3.05) is 13.1 Å². The average Bonchev–Trinajstić information content (AvgIpc) is 2.75. The minimum absolute atomic E-state index is 0.0950. The quantitative estimate of drug-likeness (QED) is 0.679. The highest BCUT2D eigenvalue weighted by Crippen LogP contribution is 2.39. The Morgan fingerprint density at radius 2 is 2.06 bits per heavy atom. The van der Waals surface area contributed by atoms with Gasteiger partial charge in [0.05, 0.1) is 0 Å². The van der Waals surface area contributed by atoms with Gasteiger partial charge in [-0.15, -0.1) is 0 Å². The zero-order chi connectivity index (χ0) is 13.1. The van der Waals surface area contributed by atoms with E-state index in [1.807, 2.05) is 0 Å². The van der Waals surface area contributed by atoms with Crippen LogP contribution in [0.1, 0.15) is 32.1 Å². The smallest absolute Gasteiger partial charge is 0.326 e. The van der Waals surface area contributed by atoms with Crippen molar-refractivity contribution >= 4 is 12.0 Å². The molecule has 0 radical (unpaired) electrons. The third-order valence-electron chi connectivity index (χ3n) is 4.03. The summed E-state index contributed by atoms with van der Waals surface area (Å²) >= 11 is 0. The summed E-state index contributed by atoms with van der Waals surface area (Å²) in [6.45, 7) is 0.754. The Kier molecular flexibility index (Phi) is 4.06. The number of fused-ring (bicyclic) bond motifs is 1. The van der Waals surface area contributed by atoms with Crippen molar-refractivity contribution in [1.29, 1.82) is 0 Å². The topological polar surface area (TPSA) is 95.7 Å². The Labute approximate surface area is 107 Å². The van der Waals surface area contributed by atoms with Crippen LogP contribution in [0.4, 0.5) is 4.79 Å². The van der Waals surface area contributed by atoms with Gasteiger partial charge in [0.15, 0.2) is 0 Å². The van der Waals surface area contributed by atoms with E-state index < -0.39 is 12.0 Å². The fraction of sp³-hybridized carbons (Fsp3) is 0.833. The first-order chi connectivity index (χ1) is 8.65. The Balaban J connectivity index is 2.11. The van der Waals surface area contributed by atoms with E-state index in [4.69, 9.17) is 5.73 Å². The summed E-state index contributed by atoms with van der Waals surface area (Å²) in [6.07, 6.45) is 4.77. The van der Waals surface area contributed by atoms with Crippen molar-refractivity contribution in [3.8, 4) is 0 Å². The van der Waals surface area contributed by atoms with E-state index in [9.17, 15) is 14.7 Å². The monoisotopic (exact) mass is 255 g/mol. The predicted molar refractivity (Wildman–Crippen MR) is 66.1 cm³/mol. The van der Waals surface area contributed by atoms with Gasteiger partial charge in [0, 0.05) is 19.1 Å². The van der Waals surface area contributed by atoms with Gasteiger partial charge >= 0.3 is 12.0 Å². The molecule has 2 aliphatic rings. The molecule has 2 rings (SSSR count). The number of aliphatic carboxylic acids is 1. The van der Waals surface area contributed by atoms with Crippen molar-refractivity contribution in [2.24, 2.45) is 11.7 Å². The van der Waals surface area contributed by atoms with Crippen LogP contribution in [0.25, 0.3) is 0 Å². The first kappa shape index (κ1) is 13.1. The highest BCUT2D eigenvalue weighted by molar-refractivity contribution is 5.83. The Hall–Kier alpha value is -1.30. The van der Waals surface area contributed by atoms with Crippen LogP contribution in [0.15, 0.2) is 0 Å². The summed E-state index contributed by atoms with van der Waals surface area (Å²) in [7, 11) is 0. The lowest BCUT2D eigenvalue weighted by Crippen LogP contribution is -2.51. The van der Waals surface area contributed by atoms with Crippen LogP contribution >= 0.6 is 0 Å². The van der Waals surface area contributed by atoms with E-state index in [2.05, 4.69) is 5.32 Å². The Bertz CT molecular complexity index is 335. The van der Waals surface area contributed by atoms with Crippen LogP contribution in [-0.2, 0) is 4.79 Å². The Morgan fingerprint density at radius 1 is 1.33 bits per heavy atom. The maximum absolute atomic E-state index is 12.1. The SMILES string of the molecule is NCCNC(=O)N1C(C(=O)O)CC2CCCCC21. The molecule has 102 valence electrons. The molecule has 0 bridgehead atoms. The number of urea groups is 1. The molecule has 0 aromatic heterocycles. The maximum atomic E-state index is 12.1. The molecule has 1 aliphatic carbocycles. The van der Waals surface area contributed by atoms with Gasteiger partial charge in [0.25, 0.3) is 0 Å². The minimum atomic E-state index is -0.896. The molecule has 18 heavy (non-hydrogen) atoms. The number of hydrogen-bond acceptors (Lipinski definition) is 3. The van der Waals surface area contributed by atoms with Gasteiger partial charge in [0.2, 0.25) is 0 Å². The average molecular weight is 255 g/mol. The second-order valence-corrected chi connectivity index (χ2v) is 5.13. The molecule has 0 spiro atoms. The van der Waals surface area contributed by atoms with Crippen LogP contribution in [0.3, 0.4) is 0 Å². The van der Waals surface area contributed by atoms with Crippen LogP contribution in [0.5, 0.6) is 0 Å². The van der Waals surface area contributed by atoms with E-state index in [0.717, 1.165) is 25.7 Å². The summed E-state index contributed by atoms with van der Waals surface area (Å²) in [5.74, 6) is -0.546. The van der Waals surface area contributed by atoms with Crippen LogP contribution in [0.2, 0.25) is 0 Å². The van der Waals surface area contributed by atoms with Gasteiger partial charge in [-0.25, -0.2) is 9.59 Å². The number of nitrogens with one attached hydrogen (secondary N) is 1. The summed E-state index contributed by atoms with van der Waals surface area (Å²) in [4.78, 5) is 24.9. The van der Waals surface area contributed by atoms with Gasteiger partial charge < -0.3 is 21.1 Å². The second-order valence-electron chi connectivity index (χ2n) is 5.13. The number of nitrogens with zero attached hydrogens (tertiary/aromatic N) is 1. The van der Waals surface area contributed by atoms with Crippen LogP contribution < -0.4 is 11.1 Å². The molecular weight excluding hydrogens is 234 g/mol. The van der Waals surface area contributed by atoms with Gasteiger partial charge in [-0.3, -0.25) is 0 Å². The van der Waals surface area contributed by atoms with E-state index in [1.54, 1.807) is 4.90 Å². The molecule has 1 saturated carbocycles. The van der Waals surface area contributed by atoms with E-state index in [1.165, 1.54) is 0 Å². The number of carboxylic acid groups (broad SMARTS) is 1. The number of carbonyl (C=O) groups is 2. The zero-order valence-electron chi connectivity index (χ0n) is 10.5. The molecule has 6 heteroatoms. The predicted octanol–water partition coefficient (Wildman–Crippen LogP) is 0.372. The second kappa shape index (κ2) is 5.56. The summed E-state index contributed by atoms with van der Waals surface area (Å²) in [5.41, 5.74) is 5.35. The van der Waals surface area contributed by atoms with Crippen molar-refractivity contribution in [3.05, 3.63) is 0 Å². The fourth-order valence-electron chi connectivity index (χ4n) is 3.24. The lowest BCUT2D eigenvalue weighted by molar-refractivity contribution is -0.141. The lowest BCUT2D eigenvalue weighted by atomic mass is 9.85. The third-order valence-corrected chi connectivity index (χ3v) is 4.03. The molecule has 3 unspecified atom stereocenters. The molecule has 3 atom stereocenters. The van der Waals surface area contributed by atoms with Crippen LogP contribution in [-0.4, -0.2) is 47.2 Å². The van der Waals surface area contributed by atoms with Crippen molar-refractivity contribution < 1.29 is 14.7 Å². The van der Waals surface area contributed by atoms with Crippen molar-refractivity contribution in [2.45, 2.75) is 44.2 Å². The largest absolute Gasteiger partial charge is 0.480 e. The van der Waals surface area contributed by atoms with Gasteiger partial charge in [0.1, 0.15) is 6.04 Å². The molecule has 1 aliphatic heterocycles. The maximum Gasteiger partial charge on any atom is 0.326 e. The number of hydrogen-bond donors (Lipinski definition) is 3. The minimum Gasteiger partial charge on any atom is -0.480 e. The highest BCUT2D eigenvalue weighted by atomic mass is 16.4. The zero-order valence-corrected chi connectivity index (χ0v) is 10.5. The standard InChI is InChI=1S/C12H21N3O3/c13-5-6-14-12(18)15-9-4-2-1-3-8(9)7-10(15)11(16)17/h8-10H,1-7,13H2,(H,14,18)(H,16,17). The fourth-order valence-corrected chi connectivity index (χ4v) is 3.24. The summed E-state index contributed by atoms with van der Waals surface area (Å²) < 4.78 is 0. The van der Waals surface area contributed by atoms with Crippen LogP contribution in [0, 0.1) is 5.92 Å². The summed E-state index contributed by atoms with van der Waals surface area (Å²) in [5, 5.41) is 11.9. The Morgan fingerprint density at radius 3 is 2.72 bits per heavy atom. The van der Waals surface area contributed by atoms with Crippen molar-refractivity contribution in [1.82, 2.24) is 10.2 Å². The normalized spacial score (nSPS) is 30.9. The molecule has 2 amide bonds. The van der Waals surface area contributed by atoms with Crippen molar-refractivity contribution in [3.63, 3.8) is 0 Å². The molecule has 0 aromatic carbocycles. The molecule has 6 nitrogen and oxygen atoms in total. The highest BCUT2D eigenvalue weighted by Gasteiger charge is 2.47. The molecule has 1 saturated heterocycles. The van der Waals surface area contributed by atoms with E-state index in [-0.39, 0.29) is 12.1 Å². The number of likely N-dealkylation sites (tertiary alicyclic amines) is 1. The van der Waals surface area contributed by atoms with E-state index >= 15 is 0 Å². The first-order valence-corrected chi connectivity index (χ1v) is 6.64. The number of carbonyl (C=O) groups excluding carboxylic acids is 1. The summed E-state index contributed by atoms with van der Waals surface area (Å²) in [6, 6.07) is -0.851. The molecule has 0 aromatic rings. The molecule has 1 heterocycles. The number of nitrogens with two attached hydrogens (primary N) is 1. The van der Waals surface area contributed by atoms with Gasteiger partial charge in [-0.1, -0.05) is 12.8 Å². The molecular formula is C12H21N3O3. The van der Waals surface area contributed by atoms with Gasteiger partial charge in [-0.05, 0) is 25.2 Å². The third kappa shape index (κ3) is 2.43. The number of rotatable bonds is 3. The number of carboxylic acids is 1. The lowest BCUT2D eigenvalue weighted by Gasteiger charge is -2.32. The first-order valence-electron chi connectivity index (χ1n) is 6.64. The van der Waals surface area contributed by atoms with E-state index in [0.29, 0.717) is 25.4 Å². The molecule has 2 fully saturated rings. The molecule has 4 N–H and O–H groups in total.